The third kappa shape index (κ3) is 2.74. The summed E-state index contributed by atoms with van der Waals surface area (Å²) in [5, 5.41) is 6.43. The molecule has 0 bridgehead atoms. The summed E-state index contributed by atoms with van der Waals surface area (Å²) in [6, 6.07) is 0.230. The van der Waals surface area contributed by atoms with Gasteiger partial charge in [0.1, 0.15) is 0 Å². The lowest BCUT2D eigenvalue weighted by Crippen LogP contribution is -2.50. The zero-order chi connectivity index (χ0) is 11.4. The second-order valence-corrected chi connectivity index (χ2v) is 5.20. The number of amides is 1. The van der Waals surface area contributed by atoms with Crippen LogP contribution in [0.25, 0.3) is 0 Å². The largest absolute Gasteiger partial charge is 0.379 e. The van der Waals surface area contributed by atoms with Gasteiger partial charge in [0, 0.05) is 12.0 Å². The van der Waals surface area contributed by atoms with Crippen LogP contribution in [-0.2, 0) is 9.53 Å². The molecule has 2 heterocycles. The summed E-state index contributed by atoms with van der Waals surface area (Å²) in [4.78, 5) is 12.2. The maximum absolute atomic E-state index is 12.2. The van der Waals surface area contributed by atoms with Gasteiger partial charge < -0.3 is 15.4 Å². The van der Waals surface area contributed by atoms with Crippen LogP contribution in [0, 0.1) is 5.41 Å². The smallest absolute Gasteiger partial charge is 0.226 e. The second-order valence-electron chi connectivity index (χ2n) is 5.20. The van der Waals surface area contributed by atoms with Gasteiger partial charge in [-0.25, -0.2) is 0 Å². The van der Waals surface area contributed by atoms with Crippen LogP contribution in [0.5, 0.6) is 0 Å². The van der Waals surface area contributed by atoms with Gasteiger partial charge in [-0.05, 0) is 38.8 Å². The fourth-order valence-corrected chi connectivity index (χ4v) is 2.42. The average Bonchev–Trinajstić information content (AvgIpc) is 2.31. The standard InChI is InChI=1S/C12H22N2O2/c1-12(4-6-13-7-5-12)11(15)14-10-3-2-8-16-9-10/h10,13H,2-9H2,1H3,(H,14,15). The molecule has 2 rings (SSSR count). The van der Waals surface area contributed by atoms with Gasteiger partial charge in [0.05, 0.1) is 12.6 Å². The lowest BCUT2D eigenvalue weighted by molar-refractivity contribution is -0.133. The van der Waals surface area contributed by atoms with Crippen molar-refractivity contribution in [2.45, 2.75) is 38.6 Å². The minimum absolute atomic E-state index is 0.178. The molecule has 0 aromatic heterocycles. The van der Waals surface area contributed by atoms with Crippen LogP contribution >= 0.6 is 0 Å². The Hall–Kier alpha value is -0.610. The Morgan fingerprint density at radius 1 is 1.44 bits per heavy atom. The highest BCUT2D eigenvalue weighted by atomic mass is 16.5. The van der Waals surface area contributed by atoms with E-state index < -0.39 is 0 Å². The first-order valence-electron chi connectivity index (χ1n) is 6.30. The molecule has 0 aromatic rings. The normalized spacial score (nSPS) is 29.7. The van der Waals surface area contributed by atoms with E-state index in [0.29, 0.717) is 6.61 Å². The maximum atomic E-state index is 12.2. The molecule has 0 spiro atoms. The Morgan fingerprint density at radius 2 is 2.19 bits per heavy atom. The quantitative estimate of drug-likeness (QED) is 0.727. The molecule has 1 atom stereocenters. The van der Waals surface area contributed by atoms with Crippen molar-refractivity contribution in [2.75, 3.05) is 26.3 Å². The summed E-state index contributed by atoms with van der Waals surface area (Å²) in [5.41, 5.74) is -0.178. The average molecular weight is 226 g/mol. The van der Waals surface area contributed by atoms with E-state index >= 15 is 0 Å². The van der Waals surface area contributed by atoms with E-state index in [0.717, 1.165) is 45.4 Å². The summed E-state index contributed by atoms with van der Waals surface area (Å²) in [6.07, 6.45) is 3.99. The molecule has 2 N–H and O–H groups in total. The number of carbonyl (C=O) groups is 1. The molecule has 2 fully saturated rings. The van der Waals surface area contributed by atoms with Gasteiger partial charge >= 0.3 is 0 Å². The van der Waals surface area contributed by atoms with E-state index in [2.05, 4.69) is 17.6 Å². The second kappa shape index (κ2) is 5.15. The van der Waals surface area contributed by atoms with Crippen molar-refractivity contribution in [3.8, 4) is 0 Å². The number of rotatable bonds is 2. The van der Waals surface area contributed by atoms with Crippen LogP contribution in [0.15, 0.2) is 0 Å². The van der Waals surface area contributed by atoms with Crippen molar-refractivity contribution in [1.29, 1.82) is 0 Å². The molecule has 0 aromatic carbocycles. The van der Waals surface area contributed by atoms with E-state index in [1.54, 1.807) is 0 Å². The molecule has 1 amide bonds. The molecular formula is C12H22N2O2. The highest BCUT2D eigenvalue weighted by Gasteiger charge is 2.35. The Kier molecular flexibility index (Phi) is 3.82. The summed E-state index contributed by atoms with van der Waals surface area (Å²) in [6.45, 7) is 5.50. The highest BCUT2D eigenvalue weighted by molar-refractivity contribution is 5.82. The van der Waals surface area contributed by atoms with Crippen LogP contribution in [0.3, 0.4) is 0 Å². The zero-order valence-electron chi connectivity index (χ0n) is 10.1. The van der Waals surface area contributed by atoms with Crippen LogP contribution in [0.2, 0.25) is 0 Å². The number of hydrogen-bond donors (Lipinski definition) is 2. The van der Waals surface area contributed by atoms with Crippen molar-refractivity contribution in [1.82, 2.24) is 10.6 Å². The first-order valence-corrected chi connectivity index (χ1v) is 6.30. The molecule has 0 saturated carbocycles. The Labute approximate surface area is 97.1 Å². The number of ether oxygens (including phenoxy) is 1. The van der Waals surface area contributed by atoms with Gasteiger partial charge in [-0.3, -0.25) is 4.79 Å². The van der Waals surface area contributed by atoms with E-state index in [9.17, 15) is 4.79 Å². The minimum Gasteiger partial charge on any atom is -0.379 e. The van der Waals surface area contributed by atoms with E-state index in [-0.39, 0.29) is 17.4 Å². The molecule has 1 unspecified atom stereocenters. The van der Waals surface area contributed by atoms with Gasteiger partial charge in [-0.1, -0.05) is 6.92 Å². The lowest BCUT2D eigenvalue weighted by Gasteiger charge is -2.34. The number of piperidine rings is 1. The monoisotopic (exact) mass is 226 g/mol. The van der Waals surface area contributed by atoms with Crippen LogP contribution < -0.4 is 10.6 Å². The molecule has 2 aliphatic rings. The van der Waals surface area contributed by atoms with Gasteiger partial charge in [-0.2, -0.15) is 0 Å². The number of nitrogens with one attached hydrogen (secondary N) is 2. The molecule has 0 radical (unpaired) electrons. The van der Waals surface area contributed by atoms with Crippen molar-refractivity contribution in [3.63, 3.8) is 0 Å². The van der Waals surface area contributed by atoms with E-state index in [4.69, 9.17) is 4.74 Å². The minimum atomic E-state index is -0.178. The van der Waals surface area contributed by atoms with Gasteiger partial charge in [0.25, 0.3) is 0 Å². The SMILES string of the molecule is CC1(C(=O)NC2CCCOC2)CCNCC1. The Morgan fingerprint density at radius 3 is 2.81 bits per heavy atom. The van der Waals surface area contributed by atoms with E-state index in [1.165, 1.54) is 0 Å². The number of carbonyl (C=O) groups excluding carboxylic acids is 1. The van der Waals surface area contributed by atoms with Gasteiger partial charge in [0.15, 0.2) is 0 Å². The highest BCUT2D eigenvalue weighted by Crippen LogP contribution is 2.28. The number of hydrogen-bond acceptors (Lipinski definition) is 3. The van der Waals surface area contributed by atoms with Crippen molar-refractivity contribution in [2.24, 2.45) is 5.41 Å². The first-order chi connectivity index (χ1) is 7.71. The van der Waals surface area contributed by atoms with E-state index in [1.807, 2.05) is 0 Å². The summed E-state index contributed by atoms with van der Waals surface area (Å²) in [5.74, 6) is 0.213. The third-order valence-corrected chi connectivity index (χ3v) is 3.75. The fraction of sp³-hybridized carbons (Fsp3) is 0.917. The molecule has 4 heteroatoms. The Bertz CT molecular complexity index is 243. The zero-order valence-corrected chi connectivity index (χ0v) is 10.1. The first kappa shape index (κ1) is 11.9. The maximum Gasteiger partial charge on any atom is 0.226 e. The lowest BCUT2D eigenvalue weighted by atomic mass is 9.80. The third-order valence-electron chi connectivity index (χ3n) is 3.75. The molecule has 4 nitrogen and oxygen atoms in total. The molecular weight excluding hydrogens is 204 g/mol. The topological polar surface area (TPSA) is 50.4 Å². The van der Waals surface area contributed by atoms with Crippen molar-refractivity contribution < 1.29 is 9.53 Å². The van der Waals surface area contributed by atoms with Crippen molar-refractivity contribution in [3.05, 3.63) is 0 Å². The predicted octanol–water partition coefficient (Wildman–Crippen LogP) is 0.671. The molecule has 2 saturated heterocycles. The fourth-order valence-electron chi connectivity index (χ4n) is 2.42. The van der Waals surface area contributed by atoms with Crippen molar-refractivity contribution >= 4 is 5.91 Å². The van der Waals surface area contributed by atoms with Crippen LogP contribution in [0.4, 0.5) is 0 Å². The molecule has 92 valence electrons. The molecule has 16 heavy (non-hydrogen) atoms. The molecule has 0 aliphatic carbocycles. The predicted molar refractivity (Wildman–Crippen MR) is 62.2 cm³/mol. The van der Waals surface area contributed by atoms with Gasteiger partial charge in [0.2, 0.25) is 5.91 Å². The van der Waals surface area contributed by atoms with Crippen LogP contribution in [-0.4, -0.2) is 38.3 Å². The summed E-state index contributed by atoms with van der Waals surface area (Å²) < 4.78 is 5.38. The summed E-state index contributed by atoms with van der Waals surface area (Å²) >= 11 is 0. The van der Waals surface area contributed by atoms with Gasteiger partial charge in [-0.15, -0.1) is 0 Å². The van der Waals surface area contributed by atoms with Crippen LogP contribution in [0.1, 0.15) is 32.6 Å². The Balaban J connectivity index is 1.85. The molecule has 2 aliphatic heterocycles. The summed E-state index contributed by atoms with van der Waals surface area (Å²) in [7, 11) is 0.